The van der Waals surface area contributed by atoms with E-state index in [0.717, 1.165) is 33.5 Å². The first kappa shape index (κ1) is 32.4. The Morgan fingerprint density at radius 2 is 1.62 bits per heavy atom. The van der Waals surface area contributed by atoms with Crippen molar-refractivity contribution in [2.24, 2.45) is 0 Å². The number of anilines is 1. The van der Waals surface area contributed by atoms with Gasteiger partial charge in [0, 0.05) is 25.1 Å². The molecule has 0 saturated heterocycles. The lowest BCUT2D eigenvalue weighted by Crippen LogP contribution is -2.36. The van der Waals surface area contributed by atoms with Gasteiger partial charge in [0.1, 0.15) is 0 Å². The highest BCUT2D eigenvalue weighted by molar-refractivity contribution is 7.86. The van der Waals surface area contributed by atoms with E-state index in [1.807, 2.05) is 102 Å². The first-order chi connectivity index (χ1) is 21.4. The molecular weight excluding hydrogens is 617 g/mol. The third-order valence-electron chi connectivity index (χ3n) is 7.57. The lowest BCUT2D eigenvalue weighted by atomic mass is 10.1. The number of aromatic nitrogens is 1. The van der Waals surface area contributed by atoms with Crippen LogP contribution in [0.4, 0.5) is 5.69 Å². The number of oxazole rings is 1. The third-order valence-corrected chi connectivity index (χ3v) is 9.18. The van der Waals surface area contributed by atoms with Gasteiger partial charge in [0.15, 0.2) is 12.3 Å². The standard InChI is InChI=1S/C33H36N2O8S2/c1-3-25(21-32-34(16-7-8-18-44(36,37)38)28-20-24(2)12-14-30(28)42-32)22-33-35(17-9-19-45(39,40)41)29-23-27(13-15-31(29)43-33)26-10-5-4-6-11-26/h4-6,10-15,20-23H,3,7-9,16-19H2,1-2H3,(H-,36,37,38,39,40,41)/p+1. The predicted molar refractivity (Wildman–Crippen MR) is 174 cm³/mol. The van der Waals surface area contributed by atoms with E-state index >= 15 is 0 Å². The molecule has 12 heteroatoms. The normalized spacial score (nSPS) is 14.7. The number of rotatable bonds is 13. The number of fused-ring (bicyclic) bond motifs is 2. The third kappa shape index (κ3) is 8.40. The van der Waals surface area contributed by atoms with Crippen LogP contribution in [0, 0.1) is 6.92 Å². The molecule has 0 fully saturated rings. The molecule has 1 aromatic heterocycles. The van der Waals surface area contributed by atoms with Gasteiger partial charge in [-0.1, -0.05) is 49.4 Å². The average Bonchev–Trinajstić information content (AvgIpc) is 3.50. The zero-order valence-corrected chi connectivity index (χ0v) is 26.9. The van der Waals surface area contributed by atoms with Crippen molar-refractivity contribution in [3.05, 3.63) is 95.7 Å². The van der Waals surface area contributed by atoms with Crippen molar-refractivity contribution in [3.63, 3.8) is 0 Å². The number of allylic oxidation sites excluding steroid dienone is 2. The summed E-state index contributed by atoms with van der Waals surface area (Å²) in [4.78, 5) is 2.00. The maximum atomic E-state index is 11.5. The monoisotopic (exact) mass is 653 g/mol. The van der Waals surface area contributed by atoms with Crippen LogP contribution >= 0.6 is 0 Å². The summed E-state index contributed by atoms with van der Waals surface area (Å²) in [5.41, 5.74) is 6.25. The molecule has 45 heavy (non-hydrogen) atoms. The van der Waals surface area contributed by atoms with Crippen LogP contribution < -0.4 is 14.2 Å². The van der Waals surface area contributed by atoms with Gasteiger partial charge in [-0.15, -0.1) is 0 Å². The van der Waals surface area contributed by atoms with Gasteiger partial charge < -0.3 is 14.1 Å². The van der Waals surface area contributed by atoms with E-state index in [9.17, 15) is 21.4 Å². The predicted octanol–water partition coefficient (Wildman–Crippen LogP) is 6.18. The molecule has 5 rings (SSSR count). The van der Waals surface area contributed by atoms with Gasteiger partial charge >= 0.3 is 5.89 Å². The summed E-state index contributed by atoms with van der Waals surface area (Å²) in [5.74, 6) is 1.10. The summed E-state index contributed by atoms with van der Waals surface area (Å²) >= 11 is 0. The number of ether oxygens (including phenoxy) is 1. The second-order valence-corrected chi connectivity index (χ2v) is 14.2. The molecule has 2 N–H and O–H groups in total. The summed E-state index contributed by atoms with van der Waals surface area (Å²) in [6.45, 7) is 4.77. The van der Waals surface area contributed by atoms with E-state index in [0.29, 0.717) is 55.5 Å². The zero-order valence-electron chi connectivity index (χ0n) is 25.2. The smallest absolute Gasteiger partial charge is 0.374 e. The SMILES string of the molecule is CCC(=Cc1oc2ccc(-c3ccccc3)cc2[n+]1CCCS(=O)(=O)O)C=C1Oc2ccc(C)cc2N1CCCCS(=O)(=O)O. The lowest BCUT2D eigenvalue weighted by molar-refractivity contribution is -0.677. The number of hydrogen-bond acceptors (Lipinski definition) is 7. The lowest BCUT2D eigenvalue weighted by Gasteiger charge is -2.19. The molecule has 1 aliphatic heterocycles. The van der Waals surface area contributed by atoms with Crippen molar-refractivity contribution in [3.8, 4) is 16.9 Å². The van der Waals surface area contributed by atoms with E-state index in [4.69, 9.17) is 13.7 Å². The highest BCUT2D eigenvalue weighted by Gasteiger charge is 2.27. The Morgan fingerprint density at radius 3 is 2.33 bits per heavy atom. The van der Waals surface area contributed by atoms with E-state index in [2.05, 4.69) is 0 Å². The second kappa shape index (κ2) is 13.6. The first-order valence-corrected chi connectivity index (χ1v) is 18.0. The van der Waals surface area contributed by atoms with Crippen LogP contribution in [-0.2, 0) is 26.8 Å². The molecule has 2 heterocycles. The van der Waals surface area contributed by atoms with Crippen LogP contribution in [0.5, 0.6) is 5.75 Å². The Kier molecular flexibility index (Phi) is 9.78. The van der Waals surface area contributed by atoms with Crippen LogP contribution in [-0.4, -0.2) is 44.0 Å². The van der Waals surface area contributed by atoms with Gasteiger partial charge in [-0.25, -0.2) is 0 Å². The molecule has 238 valence electrons. The van der Waals surface area contributed by atoms with E-state index in [1.54, 1.807) is 0 Å². The van der Waals surface area contributed by atoms with Crippen molar-refractivity contribution in [1.29, 1.82) is 0 Å². The van der Waals surface area contributed by atoms with Gasteiger partial charge in [0.2, 0.25) is 11.5 Å². The molecule has 0 amide bonds. The van der Waals surface area contributed by atoms with Crippen molar-refractivity contribution in [2.45, 2.75) is 46.1 Å². The number of unbranched alkanes of at least 4 members (excludes halogenated alkanes) is 1. The first-order valence-electron chi connectivity index (χ1n) is 14.8. The number of benzene rings is 3. The molecule has 1 aliphatic rings. The van der Waals surface area contributed by atoms with Gasteiger partial charge in [0.25, 0.3) is 25.8 Å². The van der Waals surface area contributed by atoms with Crippen molar-refractivity contribution in [2.75, 3.05) is 23.0 Å². The van der Waals surface area contributed by atoms with Gasteiger partial charge in [-0.3, -0.25) is 9.11 Å². The van der Waals surface area contributed by atoms with Crippen molar-refractivity contribution >= 4 is 43.1 Å². The fraction of sp³-hybridized carbons (Fsp3) is 0.303. The molecule has 0 unspecified atom stereocenters. The number of aryl methyl sites for hydroxylation is 2. The molecule has 3 aromatic carbocycles. The summed E-state index contributed by atoms with van der Waals surface area (Å²) in [6.07, 6.45) is 5.44. The van der Waals surface area contributed by atoms with Crippen LogP contribution in [0.25, 0.3) is 28.3 Å². The minimum Gasteiger partial charge on any atom is -0.439 e. The molecule has 0 saturated carbocycles. The average molecular weight is 654 g/mol. The maximum Gasteiger partial charge on any atom is 0.374 e. The summed E-state index contributed by atoms with van der Waals surface area (Å²) in [6, 6.07) is 21.7. The maximum absolute atomic E-state index is 11.5. The zero-order chi connectivity index (χ0) is 32.2. The van der Waals surface area contributed by atoms with Crippen molar-refractivity contribution in [1.82, 2.24) is 0 Å². The van der Waals surface area contributed by atoms with Crippen LogP contribution in [0.15, 0.2) is 88.7 Å². The Hall–Kier alpha value is -3.97. The van der Waals surface area contributed by atoms with Gasteiger partial charge in [-0.05, 0) is 66.6 Å². The largest absolute Gasteiger partial charge is 0.439 e. The topological polar surface area (TPSA) is 138 Å². The summed E-state index contributed by atoms with van der Waals surface area (Å²) in [7, 11) is -8.17. The van der Waals surface area contributed by atoms with E-state index in [1.165, 1.54) is 0 Å². The second-order valence-electron chi connectivity index (χ2n) is 11.1. The molecular formula is C33H37N2O8S2+. The Bertz CT molecular complexity index is 1960. The molecule has 0 bridgehead atoms. The fourth-order valence-electron chi connectivity index (χ4n) is 5.32. The molecule has 4 aromatic rings. The fourth-order valence-corrected chi connectivity index (χ4v) is 6.38. The minimum absolute atomic E-state index is 0.187. The molecule has 0 aliphatic carbocycles. The Morgan fingerprint density at radius 1 is 0.889 bits per heavy atom. The molecule has 10 nitrogen and oxygen atoms in total. The Balaban J connectivity index is 1.51. The summed E-state index contributed by atoms with van der Waals surface area (Å²) < 4.78 is 78.4. The van der Waals surface area contributed by atoms with Gasteiger partial charge in [0.05, 0.1) is 23.3 Å². The molecule has 0 radical (unpaired) electrons. The van der Waals surface area contributed by atoms with E-state index in [-0.39, 0.29) is 17.9 Å². The number of nitrogens with zero attached hydrogens (tertiary/aromatic N) is 2. The van der Waals surface area contributed by atoms with Crippen LogP contribution in [0.2, 0.25) is 0 Å². The Labute approximate surface area is 263 Å². The highest BCUT2D eigenvalue weighted by atomic mass is 32.2. The summed E-state index contributed by atoms with van der Waals surface area (Å²) in [5, 5.41) is 0. The van der Waals surface area contributed by atoms with E-state index < -0.39 is 20.2 Å². The van der Waals surface area contributed by atoms with Crippen molar-refractivity contribution < 1.29 is 39.7 Å². The quantitative estimate of drug-likeness (QED) is 0.0985. The minimum atomic E-state index is -4.13. The van der Waals surface area contributed by atoms with Crippen LogP contribution in [0.3, 0.4) is 0 Å². The van der Waals surface area contributed by atoms with Crippen LogP contribution in [0.1, 0.15) is 44.1 Å². The number of hydrogen-bond donors (Lipinski definition) is 2. The molecule has 0 atom stereocenters. The molecule has 0 spiro atoms. The van der Waals surface area contributed by atoms with Gasteiger partial charge in [-0.2, -0.15) is 21.4 Å². The highest BCUT2D eigenvalue weighted by Crippen LogP contribution is 2.40.